The molecule has 1 unspecified atom stereocenters. The minimum Gasteiger partial charge on any atom is -0.326 e. The fraction of sp³-hybridized carbons (Fsp3) is 0.222. The first-order chi connectivity index (χ1) is 11.0. The summed E-state index contributed by atoms with van der Waals surface area (Å²) in [6.45, 7) is 1.82. The Labute approximate surface area is 133 Å². The first-order valence-electron chi connectivity index (χ1n) is 7.52. The maximum Gasteiger partial charge on any atom is 0.231 e. The molecule has 0 aromatic heterocycles. The smallest absolute Gasteiger partial charge is 0.231 e. The van der Waals surface area contributed by atoms with Crippen molar-refractivity contribution in [1.29, 1.82) is 0 Å². The molecule has 0 aliphatic carbocycles. The highest BCUT2D eigenvalue weighted by Crippen LogP contribution is 2.34. The van der Waals surface area contributed by atoms with E-state index in [2.05, 4.69) is 10.6 Å². The minimum absolute atomic E-state index is 0.0389. The van der Waals surface area contributed by atoms with Gasteiger partial charge in [-0.25, -0.2) is 4.39 Å². The van der Waals surface area contributed by atoms with Gasteiger partial charge in [-0.05, 0) is 48.7 Å². The molecule has 1 aliphatic rings. The van der Waals surface area contributed by atoms with Crippen molar-refractivity contribution in [1.82, 2.24) is 0 Å². The zero-order valence-corrected chi connectivity index (χ0v) is 12.7. The third kappa shape index (κ3) is 3.23. The van der Waals surface area contributed by atoms with E-state index in [4.69, 9.17) is 0 Å². The van der Waals surface area contributed by atoms with Gasteiger partial charge in [0.2, 0.25) is 11.8 Å². The number of halogens is 1. The normalized spacial score (nSPS) is 15.9. The molecule has 0 saturated carbocycles. The molecule has 2 amide bonds. The van der Waals surface area contributed by atoms with Crippen molar-refractivity contribution < 1.29 is 14.0 Å². The fourth-order valence-corrected chi connectivity index (χ4v) is 2.67. The number of hydrogen-bond acceptors (Lipinski definition) is 2. The zero-order chi connectivity index (χ0) is 16.4. The monoisotopic (exact) mass is 312 g/mol. The van der Waals surface area contributed by atoms with Crippen LogP contribution in [0.3, 0.4) is 0 Å². The summed E-state index contributed by atoms with van der Waals surface area (Å²) in [4.78, 5) is 23.6. The number of fused-ring (bicyclic) bond motifs is 1. The average Bonchev–Trinajstić information content (AvgIpc) is 2.81. The van der Waals surface area contributed by atoms with E-state index in [1.54, 1.807) is 36.4 Å². The van der Waals surface area contributed by atoms with Crippen molar-refractivity contribution in [2.75, 3.05) is 10.6 Å². The summed E-state index contributed by atoms with van der Waals surface area (Å²) in [5.74, 6) is -0.738. The van der Waals surface area contributed by atoms with Crippen molar-refractivity contribution in [3.63, 3.8) is 0 Å². The van der Waals surface area contributed by atoms with Crippen LogP contribution in [0.1, 0.15) is 30.4 Å². The molecule has 2 aromatic carbocycles. The number of carbonyl (C=O) groups excluding carboxylic acids is 2. The molecule has 2 aromatic rings. The first-order valence-corrected chi connectivity index (χ1v) is 7.52. The number of carbonyl (C=O) groups is 2. The van der Waals surface area contributed by atoms with E-state index in [9.17, 15) is 14.0 Å². The fourth-order valence-electron chi connectivity index (χ4n) is 2.67. The molecule has 5 heteroatoms. The Morgan fingerprint density at radius 1 is 1.26 bits per heavy atom. The highest BCUT2D eigenvalue weighted by atomic mass is 19.1. The maximum atomic E-state index is 13.5. The molecular formula is C18H17FN2O2. The van der Waals surface area contributed by atoms with E-state index < -0.39 is 0 Å². The molecule has 0 bridgehead atoms. The molecule has 118 valence electrons. The third-order valence-electron chi connectivity index (χ3n) is 4.03. The number of hydrogen-bond donors (Lipinski definition) is 2. The van der Waals surface area contributed by atoms with Crippen molar-refractivity contribution >= 4 is 23.2 Å². The summed E-state index contributed by atoms with van der Waals surface area (Å²) >= 11 is 0. The molecule has 0 fully saturated rings. The van der Waals surface area contributed by atoms with Gasteiger partial charge in [-0.3, -0.25) is 9.59 Å². The van der Waals surface area contributed by atoms with Crippen LogP contribution >= 0.6 is 0 Å². The van der Waals surface area contributed by atoms with E-state index in [-0.39, 0.29) is 30.0 Å². The molecule has 4 nitrogen and oxygen atoms in total. The predicted molar refractivity (Wildman–Crippen MR) is 86.8 cm³/mol. The van der Waals surface area contributed by atoms with Gasteiger partial charge in [-0.15, -0.1) is 0 Å². The SMILES string of the molecule is CC1C(=O)Nc2ccc(NC(=O)CCc3ccccc3F)cc21. The summed E-state index contributed by atoms with van der Waals surface area (Å²) in [5.41, 5.74) is 2.83. The van der Waals surface area contributed by atoms with Gasteiger partial charge in [0, 0.05) is 17.8 Å². The van der Waals surface area contributed by atoms with Crippen LogP contribution in [0.25, 0.3) is 0 Å². The summed E-state index contributed by atoms with van der Waals surface area (Å²) < 4.78 is 13.5. The molecule has 2 N–H and O–H groups in total. The second-order valence-electron chi connectivity index (χ2n) is 5.65. The molecule has 3 rings (SSSR count). The summed E-state index contributed by atoms with van der Waals surface area (Å²) in [6.07, 6.45) is 0.546. The van der Waals surface area contributed by atoms with E-state index in [1.807, 2.05) is 6.92 Å². The molecule has 1 aliphatic heterocycles. The maximum absolute atomic E-state index is 13.5. The molecular weight excluding hydrogens is 295 g/mol. The Hall–Kier alpha value is -2.69. The summed E-state index contributed by atoms with van der Waals surface area (Å²) in [6, 6.07) is 11.8. The molecule has 0 radical (unpaired) electrons. The second-order valence-corrected chi connectivity index (χ2v) is 5.65. The number of benzene rings is 2. The van der Waals surface area contributed by atoms with Gasteiger partial charge in [0.15, 0.2) is 0 Å². The van der Waals surface area contributed by atoms with Crippen LogP contribution in [0.4, 0.5) is 15.8 Å². The van der Waals surface area contributed by atoms with E-state index in [1.165, 1.54) is 6.07 Å². The van der Waals surface area contributed by atoms with Crippen LogP contribution in [0, 0.1) is 5.82 Å². The third-order valence-corrected chi connectivity index (χ3v) is 4.03. The minimum atomic E-state index is -0.295. The van der Waals surface area contributed by atoms with Crippen LogP contribution < -0.4 is 10.6 Å². The Balaban J connectivity index is 1.63. The molecule has 23 heavy (non-hydrogen) atoms. The van der Waals surface area contributed by atoms with Gasteiger partial charge < -0.3 is 10.6 Å². The number of rotatable bonds is 4. The standard InChI is InChI=1S/C18H17FN2O2/c1-11-14-10-13(7-8-16(14)21-18(11)23)20-17(22)9-6-12-4-2-3-5-15(12)19/h2-5,7-8,10-11H,6,9H2,1H3,(H,20,22)(H,21,23). The lowest BCUT2D eigenvalue weighted by molar-refractivity contribution is -0.117. The Kier molecular flexibility index (Phi) is 4.10. The molecule has 0 saturated heterocycles. The largest absolute Gasteiger partial charge is 0.326 e. The first kappa shape index (κ1) is 15.2. The number of amides is 2. The number of aryl methyl sites for hydroxylation is 1. The molecule has 1 heterocycles. The zero-order valence-electron chi connectivity index (χ0n) is 12.7. The van der Waals surface area contributed by atoms with Gasteiger partial charge in [0.1, 0.15) is 5.82 Å². The van der Waals surface area contributed by atoms with E-state index in [0.717, 1.165) is 11.3 Å². The lowest BCUT2D eigenvalue weighted by atomic mass is 10.0. The Morgan fingerprint density at radius 2 is 2.04 bits per heavy atom. The van der Waals surface area contributed by atoms with Gasteiger partial charge in [0.25, 0.3) is 0 Å². The molecule has 1 atom stereocenters. The molecule has 0 spiro atoms. The van der Waals surface area contributed by atoms with E-state index >= 15 is 0 Å². The lowest BCUT2D eigenvalue weighted by Crippen LogP contribution is -2.13. The van der Waals surface area contributed by atoms with Crippen molar-refractivity contribution in [2.45, 2.75) is 25.7 Å². The van der Waals surface area contributed by atoms with Crippen molar-refractivity contribution in [3.8, 4) is 0 Å². The van der Waals surface area contributed by atoms with Gasteiger partial charge >= 0.3 is 0 Å². The quantitative estimate of drug-likeness (QED) is 0.908. The Morgan fingerprint density at radius 3 is 2.83 bits per heavy atom. The van der Waals surface area contributed by atoms with Crippen LogP contribution in [0.15, 0.2) is 42.5 Å². The summed E-state index contributed by atoms with van der Waals surface area (Å²) in [5, 5.41) is 5.58. The number of anilines is 2. The van der Waals surface area contributed by atoms with Crippen LogP contribution in [-0.4, -0.2) is 11.8 Å². The Bertz CT molecular complexity index is 773. The van der Waals surface area contributed by atoms with Gasteiger partial charge in [-0.2, -0.15) is 0 Å². The van der Waals surface area contributed by atoms with Crippen LogP contribution in [0.2, 0.25) is 0 Å². The van der Waals surface area contributed by atoms with Crippen LogP contribution in [0.5, 0.6) is 0 Å². The lowest BCUT2D eigenvalue weighted by Gasteiger charge is -2.08. The topological polar surface area (TPSA) is 58.2 Å². The van der Waals surface area contributed by atoms with Gasteiger partial charge in [0.05, 0.1) is 5.92 Å². The second kappa shape index (κ2) is 6.20. The highest BCUT2D eigenvalue weighted by Gasteiger charge is 2.26. The predicted octanol–water partition coefficient (Wildman–Crippen LogP) is 3.45. The average molecular weight is 312 g/mol. The van der Waals surface area contributed by atoms with Crippen molar-refractivity contribution in [3.05, 3.63) is 59.4 Å². The van der Waals surface area contributed by atoms with Crippen LogP contribution in [-0.2, 0) is 16.0 Å². The highest BCUT2D eigenvalue weighted by molar-refractivity contribution is 6.03. The number of nitrogens with one attached hydrogen (secondary N) is 2. The summed E-state index contributed by atoms with van der Waals surface area (Å²) in [7, 11) is 0. The van der Waals surface area contributed by atoms with Crippen molar-refractivity contribution in [2.24, 2.45) is 0 Å². The van der Waals surface area contributed by atoms with E-state index in [0.29, 0.717) is 17.7 Å². The van der Waals surface area contributed by atoms with Gasteiger partial charge in [-0.1, -0.05) is 18.2 Å².